The molecule has 6 nitrogen and oxygen atoms in total. The Balaban J connectivity index is 2.15. The van der Waals surface area contributed by atoms with Gasteiger partial charge in [-0.3, -0.25) is 14.4 Å². The number of benzene rings is 1. The van der Waals surface area contributed by atoms with Crippen molar-refractivity contribution in [2.75, 3.05) is 14.2 Å². The standard InChI is InChI=1S/C19H18BrN3O3/c1-22(26-2)19(25)15-12-23(11-13-7-3-6-10-17(20)21-13)16-9-5-4-8-14(16)18(15)24/h3-5,7-10,12H,6,11H2,1-2H3. The van der Waals surface area contributed by atoms with Crippen LogP contribution in [0.2, 0.25) is 0 Å². The van der Waals surface area contributed by atoms with Crippen molar-refractivity contribution in [2.45, 2.75) is 13.0 Å². The topological polar surface area (TPSA) is 63.9 Å². The normalized spacial score (nSPS) is 14.0. The van der Waals surface area contributed by atoms with E-state index in [1.165, 1.54) is 14.2 Å². The first-order valence-corrected chi connectivity index (χ1v) is 8.84. The van der Waals surface area contributed by atoms with Gasteiger partial charge in [0.1, 0.15) is 10.2 Å². The Labute approximate surface area is 159 Å². The number of amides is 1. The first-order chi connectivity index (χ1) is 12.5. The summed E-state index contributed by atoms with van der Waals surface area (Å²) in [6, 6.07) is 7.22. The average molecular weight is 416 g/mol. The summed E-state index contributed by atoms with van der Waals surface area (Å²) in [6.07, 6.45) is 8.29. The zero-order valence-corrected chi connectivity index (χ0v) is 16.1. The van der Waals surface area contributed by atoms with Gasteiger partial charge in [-0.1, -0.05) is 18.2 Å². The molecule has 0 fully saturated rings. The van der Waals surface area contributed by atoms with Gasteiger partial charge >= 0.3 is 0 Å². The van der Waals surface area contributed by atoms with Crippen molar-refractivity contribution in [3.05, 3.63) is 69.1 Å². The molecule has 1 aromatic carbocycles. The van der Waals surface area contributed by atoms with Gasteiger partial charge in [0.15, 0.2) is 0 Å². The Hall–Kier alpha value is -2.51. The molecule has 0 saturated heterocycles. The molecule has 1 amide bonds. The number of hydrogen-bond acceptors (Lipinski definition) is 4. The molecular weight excluding hydrogens is 398 g/mol. The highest BCUT2D eigenvalue weighted by atomic mass is 79.9. The van der Waals surface area contributed by atoms with Crippen LogP contribution < -0.4 is 5.43 Å². The SMILES string of the molecule is CON(C)C(=O)c1cn(CC2=NC(Br)=CCC=C2)c2ccccc2c1=O. The van der Waals surface area contributed by atoms with Crippen LogP contribution >= 0.6 is 15.9 Å². The highest BCUT2D eigenvalue weighted by Crippen LogP contribution is 2.16. The quantitative estimate of drug-likeness (QED) is 0.568. The number of aromatic nitrogens is 1. The smallest absolute Gasteiger partial charge is 0.282 e. The molecule has 0 atom stereocenters. The van der Waals surface area contributed by atoms with E-state index < -0.39 is 5.91 Å². The summed E-state index contributed by atoms with van der Waals surface area (Å²) in [6.45, 7) is 0.428. The van der Waals surface area contributed by atoms with Crippen molar-refractivity contribution < 1.29 is 9.63 Å². The van der Waals surface area contributed by atoms with Gasteiger partial charge in [-0.05, 0) is 46.6 Å². The molecule has 134 valence electrons. The average Bonchev–Trinajstić information content (AvgIpc) is 2.86. The van der Waals surface area contributed by atoms with Gasteiger partial charge < -0.3 is 4.57 Å². The predicted octanol–water partition coefficient (Wildman–Crippen LogP) is 3.27. The summed E-state index contributed by atoms with van der Waals surface area (Å²) in [5.41, 5.74) is 1.30. The van der Waals surface area contributed by atoms with Crippen LogP contribution in [0, 0.1) is 0 Å². The van der Waals surface area contributed by atoms with E-state index >= 15 is 0 Å². The lowest BCUT2D eigenvalue weighted by atomic mass is 10.1. The maximum Gasteiger partial charge on any atom is 0.282 e. The van der Waals surface area contributed by atoms with Gasteiger partial charge in [0, 0.05) is 18.6 Å². The largest absolute Gasteiger partial charge is 0.340 e. The number of para-hydroxylation sites is 1. The zero-order chi connectivity index (χ0) is 18.7. The Kier molecular flexibility index (Phi) is 5.49. The van der Waals surface area contributed by atoms with Crippen molar-refractivity contribution in [3.8, 4) is 0 Å². The number of hydroxylamine groups is 2. The molecule has 0 spiro atoms. The van der Waals surface area contributed by atoms with E-state index in [2.05, 4.69) is 20.9 Å². The monoisotopic (exact) mass is 415 g/mol. The van der Waals surface area contributed by atoms with Crippen LogP contribution in [0.4, 0.5) is 0 Å². The minimum atomic E-state index is -0.489. The number of fused-ring (bicyclic) bond motifs is 1. The molecule has 2 heterocycles. The molecule has 1 aliphatic rings. The minimum absolute atomic E-state index is 0.0564. The number of pyridine rings is 1. The van der Waals surface area contributed by atoms with E-state index in [0.717, 1.165) is 27.3 Å². The van der Waals surface area contributed by atoms with Crippen LogP contribution in [0.15, 0.2) is 63.1 Å². The molecule has 0 unspecified atom stereocenters. The Morgan fingerprint density at radius 1 is 1.38 bits per heavy atom. The summed E-state index contributed by atoms with van der Waals surface area (Å²) < 4.78 is 2.63. The first kappa shape index (κ1) is 18.3. The van der Waals surface area contributed by atoms with Crippen LogP contribution in [0.3, 0.4) is 0 Å². The minimum Gasteiger partial charge on any atom is -0.340 e. The zero-order valence-electron chi connectivity index (χ0n) is 14.5. The third-order valence-corrected chi connectivity index (χ3v) is 4.59. The van der Waals surface area contributed by atoms with Crippen molar-refractivity contribution in [3.63, 3.8) is 0 Å². The number of carbonyl (C=O) groups excluding carboxylic acids is 1. The lowest BCUT2D eigenvalue weighted by Gasteiger charge is -2.16. The molecule has 1 aromatic heterocycles. The lowest BCUT2D eigenvalue weighted by Crippen LogP contribution is -2.31. The fraction of sp³-hybridized carbons (Fsp3) is 0.211. The van der Waals surface area contributed by atoms with Crippen LogP contribution in [-0.2, 0) is 11.4 Å². The van der Waals surface area contributed by atoms with Gasteiger partial charge in [-0.2, -0.15) is 0 Å². The van der Waals surface area contributed by atoms with E-state index in [0.29, 0.717) is 11.9 Å². The van der Waals surface area contributed by atoms with Crippen LogP contribution in [-0.4, -0.2) is 35.4 Å². The Bertz CT molecular complexity index is 1000. The number of aliphatic imine (C=N–C) groups is 1. The third kappa shape index (κ3) is 3.68. The summed E-state index contributed by atoms with van der Waals surface area (Å²) >= 11 is 3.42. The van der Waals surface area contributed by atoms with Crippen LogP contribution in [0.5, 0.6) is 0 Å². The third-order valence-electron chi connectivity index (χ3n) is 4.09. The van der Waals surface area contributed by atoms with Gasteiger partial charge in [0.25, 0.3) is 5.91 Å². The van der Waals surface area contributed by atoms with Crippen LogP contribution in [0.1, 0.15) is 16.8 Å². The molecule has 0 N–H and O–H groups in total. The number of allylic oxidation sites excluding steroid dienone is 3. The second-order valence-electron chi connectivity index (χ2n) is 5.77. The van der Waals surface area contributed by atoms with E-state index in [1.807, 2.05) is 34.9 Å². The second kappa shape index (κ2) is 7.80. The van der Waals surface area contributed by atoms with Gasteiger partial charge in [-0.15, -0.1) is 0 Å². The molecule has 2 aromatic rings. The Morgan fingerprint density at radius 3 is 2.92 bits per heavy atom. The van der Waals surface area contributed by atoms with Gasteiger partial charge in [0.2, 0.25) is 5.43 Å². The molecule has 3 rings (SSSR count). The Morgan fingerprint density at radius 2 is 2.15 bits per heavy atom. The van der Waals surface area contributed by atoms with Crippen molar-refractivity contribution in [1.82, 2.24) is 9.63 Å². The number of rotatable bonds is 4. The van der Waals surface area contributed by atoms with Crippen LogP contribution in [0.25, 0.3) is 10.9 Å². The maximum atomic E-state index is 12.8. The van der Waals surface area contributed by atoms with E-state index in [-0.39, 0.29) is 11.0 Å². The van der Waals surface area contributed by atoms with E-state index in [4.69, 9.17) is 4.84 Å². The molecule has 0 bridgehead atoms. The number of carbonyl (C=O) groups is 1. The number of nitrogens with zero attached hydrogens (tertiary/aromatic N) is 3. The summed E-state index contributed by atoms with van der Waals surface area (Å²) in [7, 11) is 2.85. The highest BCUT2D eigenvalue weighted by Gasteiger charge is 2.19. The lowest BCUT2D eigenvalue weighted by molar-refractivity contribution is -0.0758. The summed E-state index contributed by atoms with van der Waals surface area (Å²) in [5, 5.41) is 1.52. The number of halogens is 1. The predicted molar refractivity (Wildman–Crippen MR) is 106 cm³/mol. The second-order valence-corrected chi connectivity index (χ2v) is 6.58. The fourth-order valence-corrected chi connectivity index (χ4v) is 3.15. The molecule has 0 aliphatic carbocycles. The molecule has 26 heavy (non-hydrogen) atoms. The van der Waals surface area contributed by atoms with Gasteiger partial charge in [-0.25, -0.2) is 10.1 Å². The van der Waals surface area contributed by atoms with E-state index in [1.54, 1.807) is 18.3 Å². The summed E-state index contributed by atoms with van der Waals surface area (Å²) in [5.74, 6) is -0.489. The fourth-order valence-electron chi connectivity index (χ4n) is 2.73. The van der Waals surface area contributed by atoms with Crippen molar-refractivity contribution in [2.24, 2.45) is 4.99 Å². The van der Waals surface area contributed by atoms with Crippen molar-refractivity contribution >= 4 is 38.5 Å². The highest BCUT2D eigenvalue weighted by molar-refractivity contribution is 9.11. The van der Waals surface area contributed by atoms with Crippen molar-refractivity contribution in [1.29, 1.82) is 0 Å². The molecule has 0 radical (unpaired) electrons. The molecular formula is C19H18BrN3O3. The molecule has 7 heteroatoms. The number of hydrogen-bond donors (Lipinski definition) is 0. The molecule has 1 aliphatic heterocycles. The molecule has 0 saturated carbocycles. The summed E-state index contributed by atoms with van der Waals surface area (Å²) in [4.78, 5) is 34.7. The first-order valence-electron chi connectivity index (χ1n) is 8.05. The van der Waals surface area contributed by atoms with Gasteiger partial charge in [0.05, 0.1) is 24.9 Å². The van der Waals surface area contributed by atoms with E-state index in [9.17, 15) is 9.59 Å². The maximum absolute atomic E-state index is 12.8.